The third-order valence-electron chi connectivity index (χ3n) is 2.57. The molecule has 3 N–H and O–H groups in total. The maximum absolute atomic E-state index is 12.5. The van der Waals surface area contributed by atoms with Crippen molar-refractivity contribution in [1.82, 2.24) is 6.15 Å². The minimum absolute atomic E-state index is 0. The van der Waals surface area contributed by atoms with Crippen LogP contribution in [0.3, 0.4) is 0 Å². The van der Waals surface area contributed by atoms with Gasteiger partial charge >= 0.3 is 6.18 Å². The van der Waals surface area contributed by atoms with Crippen LogP contribution in [0.2, 0.25) is 0 Å². The van der Waals surface area contributed by atoms with E-state index in [1.807, 2.05) is 13.8 Å². The van der Waals surface area contributed by atoms with Crippen LogP contribution >= 0.6 is 0 Å². The van der Waals surface area contributed by atoms with Crippen LogP contribution in [-0.2, 0) is 19.0 Å². The SMILES string of the molecule is CCCc1ccc(C(F)(F)F)cc1CCC.N. The Labute approximate surface area is 101 Å². The van der Waals surface area contributed by atoms with E-state index in [4.69, 9.17) is 0 Å². The summed E-state index contributed by atoms with van der Waals surface area (Å²) in [4.78, 5) is 0. The maximum atomic E-state index is 12.5. The average Bonchev–Trinajstić information content (AvgIpc) is 2.19. The number of hydrogen-bond donors (Lipinski definition) is 1. The second kappa shape index (κ2) is 6.64. The Morgan fingerprint density at radius 1 is 0.941 bits per heavy atom. The minimum atomic E-state index is -4.23. The zero-order valence-electron chi connectivity index (χ0n) is 10.4. The number of hydrogen-bond acceptors (Lipinski definition) is 1. The van der Waals surface area contributed by atoms with Gasteiger partial charge in [0.25, 0.3) is 0 Å². The smallest absolute Gasteiger partial charge is 0.344 e. The van der Waals surface area contributed by atoms with Gasteiger partial charge in [-0.15, -0.1) is 0 Å². The maximum Gasteiger partial charge on any atom is 0.416 e. The van der Waals surface area contributed by atoms with Gasteiger partial charge in [-0.25, -0.2) is 0 Å². The molecule has 1 aromatic carbocycles. The van der Waals surface area contributed by atoms with Crippen molar-refractivity contribution < 1.29 is 13.2 Å². The third kappa shape index (κ3) is 4.38. The van der Waals surface area contributed by atoms with E-state index in [9.17, 15) is 13.2 Å². The lowest BCUT2D eigenvalue weighted by Gasteiger charge is -2.12. The van der Waals surface area contributed by atoms with E-state index < -0.39 is 11.7 Å². The van der Waals surface area contributed by atoms with E-state index in [1.165, 1.54) is 12.1 Å². The molecule has 0 aliphatic carbocycles. The molecule has 0 spiro atoms. The third-order valence-corrected chi connectivity index (χ3v) is 2.57. The van der Waals surface area contributed by atoms with E-state index in [1.54, 1.807) is 6.07 Å². The predicted octanol–water partition coefficient (Wildman–Crippen LogP) is 4.77. The first-order valence-corrected chi connectivity index (χ1v) is 5.68. The highest BCUT2D eigenvalue weighted by Gasteiger charge is 2.30. The minimum Gasteiger partial charge on any atom is -0.344 e. The fraction of sp³-hybridized carbons (Fsp3) is 0.538. The summed E-state index contributed by atoms with van der Waals surface area (Å²) in [6, 6.07) is 4.11. The topological polar surface area (TPSA) is 35.0 Å². The summed E-state index contributed by atoms with van der Waals surface area (Å²) in [5.74, 6) is 0. The molecule has 0 unspecified atom stereocenters. The van der Waals surface area contributed by atoms with Crippen LogP contribution in [0, 0.1) is 0 Å². The number of alkyl halides is 3. The standard InChI is InChI=1S/C13H17F3.H3N/c1-3-5-10-7-8-12(13(14,15)16)9-11(10)6-4-2;/h7-9H,3-6H2,1-2H3;1H3. The molecule has 0 saturated heterocycles. The first-order chi connectivity index (χ1) is 7.49. The molecular weight excluding hydrogens is 227 g/mol. The van der Waals surface area contributed by atoms with Gasteiger partial charge in [-0.05, 0) is 36.1 Å². The van der Waals surface area contributed by atoms with Crippen LogP contribution in [0.25, 0.3) is 0 Å². The van der Waals surface area contributed by atoms with Gasteiger partial charge in [0, 0.05) is 0 Å². The summed E-state index contributed by atoms with van der Waals surface area (Å²) >= 11 is 0. The van der Waals surface area contributed by atoms with Crippen molar-refractivity contribution in [3.63, 3.8) is 0 Å². The van der Waals surface area contributed by atoms with Gasteiger partial charge in [-0.2, -0.15) is 13.2 Å². The van der Waals surface area contributed by atoms with Crippen molar-refractivity contribution in [2.24, 2.45) is 0 Å². The number of benzene rings is 1. The van der Waals surface area contributed by atoms with E-state index >= 15 is 0 Å². The fourth-order valence-corrected chi connectivity index (χ4v) is 1.82. The molecule has 1 aromatic rings. The van der Waals surface area contributed by atoms with E-state index in [0.717, 1.165) is 36.8 Å². The van der Waals surface area contributed by atoms with Gasteiger partial charge in [0.05, 0.1) is 5.56 Å². The highest BCUT2D eigenvalue weighted by molar-refractivity contribution is 5.33. The Bertz CT molecular complexity index is 345. The van der Waals surface area contributed by atoms with Crippen molar-refractivity contribution in [3.05, 3.63) is 34.9 Å². The Hall–Kier alpha value is -1.03. The lowest BCUT2D eigenvalue weighted by molar-refractivity contribution is -0.137. The van der Waals surface area contributed by atoms with Crippen LogP contribution < -0.4 is 6.15 Å². The van der Waals surface area contributed by atoms with Crippen molar-refractivity contribution in [3.8, 4) is 0 Å². The molecule has 0 amide bonds. The summed E-state index contributed by atoms with van der Waals surface area (Å²) < 4.78 is 37.6. The van der Waals surface area contributed by atoms with Gasteiger partial charge < -0.3 is 6.15 Å². The molecule has 0 fully saturated rings. The Morgan fingerprint density at radius 2 is 1.47 bits per heavy atom. The molecule has 4 heteroatoms. The Balaban J connectivity index is 0.00000256. The van der Waals surface area contributed by atoms with Gasteiger partial charge in [0.1, 0.15) is 0 Å². The summed E-state index contributed by atoms with van der Waals surface area (Å²) in [6.45, 7) is 4.02. The highest BCUT2D eigenvalue weighted by Crippen LogP contribution is 2.31. The molecular formula is C13H20F3N. The molecule has 98 valence electrons. The predicted molar refractivity (Wildman–Crippen MR) is 64.5 cm³/mol. The van der Waals surface area contributed by atoms with Crippen LogP contribution in [0.1, 0.15) is 43.4 Å². The molecule has 0 bridgehead atoms. The van der Waals surface area contributed by atoms with Crippen LogP contribution in [0.4, 0.5) is 13.2 Å². The molecule has 0 saturated carbocycles. The number of rotatable bonds is 4. The summed E-state index contributed by atoms with van der Waals surface area (Å²) in [7, 11) is 0. The van der Waals surface area contributed by atoms with Crippen molar-refractivity contribution in [2.75, 3.05) is 0 Å². The molecule has 0 heterocycles. The highest BCUT2D eigenvalue weighted by atomic mass is 19.4. The van der Waals surface area contributed by atoms with E-state index in [-0.39, 0.29) is 6.15 Å². The molecule has 1 rings (SSSR count). The summed E-state index contributed by atoms with van der Waals surface area (Å²) in [5.41, 5.74) is 1.37. The quantitative estimate of drug-likeness (QED) is 0.817. The van der Waals surface area contributed by atoms with Gasteiger partial charge in [-0.1, -0.05) is 32.8 Å². The molecule has 0 atom stereocenters. The lowest BCUT2D eigenvalue weighted by atomic mass is 9.97. The second-order valence-electron chi connectivity index (χ2n) is 3.98. The monoisotopic (exact) mass is 247 g/mol. The number of aryl methyl sites for hydroxylation is 2. The molecule has 1 nitrogen and oxygen atoms in total. The molecule has 0 aliphatic rings. The van der Waals surface area contributed by atoms with Crippen LogP contribution in [0.5, 0.6) is 0 Å². The Morgan fingerprint density at radius 3 is 1.94 bits per heavy atom. The second-order valence-corrected chi connectivity index (χ2v) is 3.98. The molecule has 17 heavy (non-hydrogen) atoms. The summed E-state index contributed by atoms with van der Waals surface area (Å²) in [6.07, 6.45) is -0.819. The average molecular weight is 247 g/mol. The van der Waals surface area contributed by atoms with E-state index in [0.29, 0.717) is 0 Å². The first kappa shape index (κ1) is 16.0. The first-order valence-electron chi connectivity index (χ1n) is 5.68. The van der Waals surface area contributed by atoms with E-state index in [2.05, 4.69) is 0 Å². The molecule has 0 aliphatic heterocycles. The van der Waals surface area contributed by atoms with Crippen molar-refractivity contribution in [2.45, 2.75) is 45.7 Å². The number of halogens is 3. The normalized spacial score (nSPS) is 11.1. The van der Waals surface area contributed by atoms with Gasteiger partial charge in [-0.3, -0.25) is 0 Å². The van der Waals surface area contributed by atoms with Crippen LogP contribution in [-0.4, -0.2) is 0 Å². The van der Waals surface area contributed by atoms with Crippen molar-refractivity contribution in [1.29, 1.82) is 0 Å². The van der Waals surface area contributed by atoms with Crippen molar-refractivity contribution >= 4 is 0 Å². The molecule has 0 aromatic heterocycles. The lowest BCUT2D eigenvalue weighted by Crippen LogP contribution is -2.07. The zero-order chi connectivity index (χ0) is 12.2. The summed E-state index contributed by atoms with van der Waals surface area (Å²) in [5, 5.41) is 0. The fourth-order valence-electron chi connectivity index (χ4n) is 1.82. The zero-order valence-corrected chi connectivity index (χ0v) is 10.4. The van der Waals surface area contributed by atoms with Gasteiger partial charge in [0.2, 0.25) is 0 Å². The van der Waals surface area contributed by atoms with Crippen LogP contribution in [0.15, 0.2) is 18.2 Å². The Kier molecular flexibility index (Phi) is 6.24. The molecule has 0 radical (unpaired) electrons. The largest absolute Gasteiger partial charge is 0.416 e. The van der Waals surface area contributed by atoms with Gasteiger partial charge in [0.15, 0.2) is 0 Å².